The summed E-state index contributed by atoms with van der Waals surface area (Å²) in [6.07, 6.45) is 0.829. The quantitative estimate of drug-likeness (QED) is 0.696. The number of hydrogen-bond donors (Lipinski definition) is 0. The molecule has 14 heavy (non-hydrogen) atoms. The molecule has 0 bridgehead atoms. The molecule has 0 aliphatic rings. The molecule has 0 aliphatic carbocycles. The number of rotatable bonds is 2. The van der Waals surface area contributed by atoms with Crippen LogP contribution in [0, 0.1) is 30.6 Å². The van der Waals surface area contributed by atoms with Crippen molar-refractivity contribution in [2.45, 2.75) is 34.1 Å². The van der Waals surface area contributed by atoms with Gasteiger partial charge < -0.3 is 0 Å². The Hall–Kier alpha value is -1.29. The van der Waals surface area contributed by atoms with Crippen LogP contribution in [0.4, 0.5) is 0 Å². The Bertz CT molecular complexity index is 369. The van der Waals surface area contributed by atoms with Gasteiger partial charge in [-0.05, 0) is 45.2 Å². The summed E-state index contributed by atoms with van der Waals surface area (Å²) in [5.41, 5.74) is 3.58. The molecule has 0 spiro atoms. The Morgan fingerprint density at radius 3 is 2.43 bits per heavy atom. The van der Waals surface area contributed by atoms with Crippen molar-refractivity contribution in [1.29, 1.82) is 5.26 Å². The molecule has 0 aromatic heterocycles. The van der Waals surface area contributed by atoms with Crippen LogP contribution in [-0.4, -0.2) is 0 Å². The first-order chi connectivity index (χ1) is 6.44. The monoisotopic (exact) mass is 187 g/mol. The van der Waals surface area contributed by atoms with Gasteiger partial charge in [0.1, 0.15) is 0 Å². The Balaban J connectivity index is 2.94. The average molecular weight is 187 g/mol. The first-order valence-electron chi connectivity index (χ1n) is 4.92. The van der Waals surface area contributed by atoms with E-state index in [1.165, 1.54) is 16.7 Å². The van der Waals surface area contributed by atoms with Gasteiger partial charge in [-0.3, -0.25) is 0 Å². The fourth-order valence-corrected chi connectivity index (χ4v) is 1.56. The van der Waals surface area contributed by atoms with Gasteiger partial charge in [-0.25, -0.2) is 0 Å². The molecule has 0 saturated heterocycles. The SMILES string of the molecule is Cc1ccc(CC(C)(C)C#N)c(C)c1. The molecule has 0 unspecified atom stereocenters. The summed E-state index contributed by atoms with van der Waals surface area (Å²) in [5, 5.41) is 8.95. The summed E-state index contributed by atoms with van der Waals surface area (Å²) in [7, 11) is 0. The van der Waals surface area contributed by atoms with E-state index in [9.17, 15) is 0 Å². The van der Waals surface area contributed by atoms with Crippen molar-refractivity contribution >= 4 is 0 Å². The fraction of sp³-hybridized carbons (Fsp3) is 0.462. The lowest BCUT2D eigenvalue weighted by Gasteiger charge is -2.16. The zero-order valence-electron chi connectivity index (χ0n) is 9.39. The summed E-state index contributed by atoms with van der Waals surface area (Å²) >= 11 is 0. The zero-order valence-corrected chi connectivity index (χ0v) is 9.39. The van der Waals surface area contributed by atoms with Crippen molar-refractivity contribution in [2.75, 3.05) is 0 Å². The maximum atomic E-state index is 8.95. The fourth-order valence-electron chi connectivity index (χ4n) is 1.56. The van der Waals surface area contributed by atoms with Crippen molar-refractivity contribution in [3.63, 3.8) is 0 Å². The molecule has 1 heteroatoms. The molecule has 0 atom stereocenters. The number of hydrogen-bond acceptors (Lipinski definition) is 1. The lowest BCUT2D eigenvalue weighted by molar-refractivity contribution is 0.492. The Labute approximate surface area is 86.4 Å². The Kier molecular flexibility index (Phi) is 2.96. The van der Waals surface area contributed by atoms with Crippen LogP contribution in [0.15, 0.2) is 18.2 Å². The van der Waals surface area contributed by atoms with Gasteiger partial charge in [-0.2, -0.15) is 5.26 Å². The summed E-state index contributed by atoms with van der Waals surface area (Å²) in [6.45, 7) is 8.15. The second kappa shape index (κ2) is 3.84. The van der Waals surface area contributed by atoms with Gasteiger partial charge in [0.2, 0.25) is 0 Å². The number of benzene rings is 1. The third kappa shape index (κ3) is 2.60. The van der Waals surface area contributed by atoms with Crippen LogP contribution < -0.4 is 0 Å². The second-order valence-electron chi connectivity index (χ2n) is 4.60. The van der Waals surface area contributed by atoms with E-state index < -0.39 is 0 Å². The Morgan fingerprint density at radius 2 is 1.93 bits per heavy atom. The standard InChI is InChI=1S/C13H17N/c1-10-5-6-12(11(2)7-10)8-13(3,4)9-14/h5-7H,8H2,1-4H3. The molecule has 0 amide bonds. The predicted octanol–water partition coefficient (Wildman–Crippen LogP) is 3.40. The summed E-state index contributed by atoms with van der Waals surface area (Å²) in [4.78, 5) is 0. The summed E-state index contributed by atoms with van der Waals surface area (Å²) in [5.74, 6) is 0. The van der Waals surface area contributed by atoms with Crippen LogP contribution in [0.5, 0.6) is 0 Å². The van der Waals surface area contributed by atoms with Gasteiger partial charge in [0.25, 0.3) is 0 Å². The zero-order chi connectivity index (χ0) is 10.8. The van der Waals surface area contributed by atoms with Gasteiger partial charge in [0.15, 0.2) is 0 Å². The molecular weight excluding hydrogens is 170 g/mol. The van der Waals surface area contributed by atoms with Crippen molar-refractivity contribution in [3.8, 4) is 6.07 Å². The Morgan fingerprint density at radius 1 is 1.29 bits per heavy atom. The van der Waals surface area contributed by atoms with Crippen LogP contribution in [0.2, 0.25) is 0 Å². The predicted molar refractivity (Wildman–Crippen MR) is 59.0 cm³/mol. The van der Waals surface area contributed by atoms with E-state index in [0.717, 1.165) is 6.42 Å². The lowest BCUT2D eigenvalue weighted by Crippen LogP contribution is -2.12. The molecule has 1 aromatic rings. The molecule has 74 valence electrons. The molecule has 0 fully saturated rings. The van der Waals surface area contributed by atoms with Crippen molar-refractivity contribution in [2.24, 2.45) is 5.41 Å². The third-order valence-corrected chi connectivity index (χ3v) is 2.43. The molecule has 1 rings (SSSR count). The minimum atomic E-state index is -0.264. The van der Waals surface area contributed by atoms with E-state index in [4.69, 9.17) is 5.26 Å². The normalized spacial score (nSPS) is 11.1. The van der Waals surface area contributed by atoms with Crippen LogP contribution in [-0.2, 0) is 6.42 Å². The highest BCUT2D eigenvalue weighted by Gasteiger charge is 2.18. The smallest absolute Gasteiger partial charge is 0.0687 e. The van der Waals surface area contributed by atoms with E-state index in [-0.39, 0.29) is 5.41 Å². The first kappa shape index (κ1) is 10.8. The molecule has 0 radical (unpaired) electrons. The van der Waals surface area contributed by atoms with Crippen molar-refractivity contribution in [3.05, 3.63) is 34.9 Å². The molecule has 0 heterocycles. The van der Waals surface area contributed by atoms with Gasteiger partial charge in [0, 0.05) is 0 Å². The maximum Gasteiger partial charge on any atom is 0.0687 e. The minimum Gasteiger partial charge on any atom is -0.198 e. The highest BCUT2D eigenvalue weighted by atomic mass is 14.3. The highest BCUT2D eigenvalue weighted by Crippen LogP contribution is 2.23. The van der Waals surface area contributed by atoms with E-state index >= 15 is 0 Å². The van der Waals surface area contributed by atoms with E-state index in [1.54, 1.807) is 0 Å². The summed E-state index contributed by atoms with van der Waals surface area (Å²) in [6, 6.07) is 8.74. The largest absolute Gasteiger partial charge is 0.198 e. The maximum absolute atomic E-state index is 8.95. The molecule has 1 aromatic carbocycles. The van der Waals surface area contributed by atoms with Crippen molar-refractivity contribution < 1.29 is 0 Å². The van der Waals surface area contributed by atoms with Gasteiger partial charge >= 0.3 is 0 Å². The van der Waals surface area contributed by atoms with Crippen LogP contribution in [0.3, 0.4) is 0 Å². The number of nitrogens with zero attached hydrogens (tertiary/aromatic N) is 1. The lowest BCUT2D eigenvalue weighted by atomic mass is 9.85. The molecule has 0 aliphatic heterocycles. The number of nitriles is 1. The van der Waals surface area contributed by atoms with E-state index in [2.05, 4.69) is 38.1 Å². The average Bonchev–Trinajstić information content (AvgIpc) is 2.10. The number of aryl methyl sites for hydroxylation is 2. The summed E-state index contributed by atoms with van der Waals surface area (Å²) < 4.78 is 0. The van der Waals surface area contributed by atoms with Crippen LogP contribution in [0.1, 0.15) is 30.5 Å². The third-order valence-electron chi connectivity index (χ3n) is 2.43. The highest BCUT2D eigenvalue weighted by molar-refractivity contribution is 5.31. The van der Waals surface area contributed by atoms with Gasteiger partial charge in [0.05, 0.1) is 11.5 Å². The second-order valence-corrected chi connectivity index (χ2v) is 4.60. The van der Waals surface area contributed by atoms with E-state index in [1.807, 2.05) is 13.8 Å². The molecular formula is C13H17N. The molecule has 0 saturated carbocycles. The van der Waals surface area contributed by atoms with Crippen LogP contribution >= 0.6 is 0 Å². The minimum absolute atomic E-state index is 0.264. The first-order valence-corrected chi connectivity index (χ1v) is 4.92. The molecule has 1 nitrogen and oxygen atoms in total. The molecule has 0 N–H and O–H groups in total. The van der Waals surface area contributed by atoms with E-state index in [0.29, 0.717) is 0 Å². The topological polar surface area (TPSA) is 23.8 Å². The van der Waals surface area contributed by atoms with Crippen molar-refractivity contribution in [1.82, 2.24) is 0 Å². The van der Waals surface area contributed by atoms with Gasteiger partial charge in [-0.15, -0.1) is 0 Å². The van der Waals surface area contributed by atoms with Crippen LogP contribution in [0.25, 0.3) is 0 Å². The van der Waals surface area contributed by atoms with Gasteiger partial charge in [-0.1, -0.05) is 23.8 Å².